The summed E-state index contributed by atoms with van der Waals surface area (Å²) in [6.07, 6.45) is -4.42. The summed E-state index contributed by atoms with van der Waals surface area (Å²) in [5.74, 6) is 0.483. The minimum Gasteiger partial charge on any atom is -0.228 e. The Labute approximate surface area is 148 Å². The Kier molecular flexibility index (Phi) is 3.92. The van der Waals surface area contributed by atoms with Crippen molar-refractivity contribution in [1.82, 2.24) is 9.97 Å². The molecular formula is C21H13F3N2. The lowest BCUT2D eigenvalue weighted by molar-refractivity contribution is -0.137. The van der Waals surface area contributed by atoms with Crippen molar-refractivity contribution in [2.75, 3.05) is 0 Å². The molecule has 2 nitrogen and oxygen atoms in total. The number of benzene rings is 3. The molecule has 0 N–H and O–H groups in total. The molecule has 1 aromatic heterocycles. The highest BCUT2D eigenvalue weighted by atomic mass is 19.4. The molecular weight excluding hydrogens is 337 g/mol. The van der Waals surface area contributed by atoms with Crippen LogP contribution in [-0.2, 0) is 6.18 Å². The van der Waals surface area contributed by atoms with E-state index in [4.69, 9.17) is 0 Å². The van der Waals surface area contributed by atoms with E-state index in [0.717, 1.165) is 23.3 Å². The molecule has 0 spiro atoms. The highest BCUT2D eigenvalue weighted by Gasteiger charge is 2.31. The fraction of sp³-hybridized carbons (Fsp3) is 0.0476. The molecule has 0 aliphatic heterocycles. The summed E-state index contributed by atoms with van der Waals surface area (Å²) in [6, 6.07) is 22.1. The number of hydrogen-bond donors (Lipinski definition) is 0. The summed E-state index contributed by atoms with van der Waals surface area (Å²) in [5.41, 5.74) is 1.81. The van der Waals surface area contributed by atoms with Gasteiger partial charge >= 0.3 is 6.18 Å². The monoisotopic (exact) mass is 350 g/mol. The Hall–Kier alpha value is -3.21. The van der Waals surface area contributed by atoms with Crippen LogP contribution < -0.4 is 0 Å². The third kappa shape index (κ3) is 3.04. The number of rotatable bonds is 2. The molecule has 4 rings (SSSR count). The van der Waals surface area contributed by atoms with Gasteiger partial charge in [-0.05, 0) is 18.2 Å². The van der Waals surface area contributed by atoms with Crippen molar-refractivity contribution in [2.45, 2.75) is 6.18 Å². The van der Waals surface area contributed by atoms with E-state index >= 15 is 0 Å². The fourth-order valence-electron chi connectivity index (χ4n) is 2.84. The predicted molar refractivity (Wildman–Crippen MR) is 95.4 cm³/mol. The van der Waals surface area contributed by atoms with E-state index in [9.17, 15) is 13.2 Å². The number of halogens is 3. The van der Waals surface area contributed by atoms with Crippen molar-refractivity contribution in [3.05, 3.63) is 84.4 Å². The molecule has 128 valence electrons. The number of nitrogens with zero attached hydrogens (tertiary/aromatic N) is 2. The van der Waals surface area contributed by atoms with Gasteiger partial charge in [0, 0.05) is 16.5 Å². The van der Waals surface area contributed by atoms with E-state index in [1.807, 2.05) is 60.7 Å². The second-order valence-electron chi connectivity index (χ2n) is 5.86. The first-order valence-corrected chi connectivity index (χ1v) is 8.02. The Bertz CT molecular complexity index is 1060. The fourth-order valence-corrected chi connectivity index (χ4v) is 2.84. The van der Waals surface area contributed by atoms with Gasteiger partial charge in [-0.3, -0.25) is 0 Å². The smallest absolute Gasteiger partial charge is 0.228 e. The highest BCUT2D eigenvalue weighted by molar-refractivity contribution is 5.94. The van der Waals surface area contributed by atoms with Crippen LogP contribution in [0.1, 0.15) is 5.56 Å². The molecule has 3 aromatic carbocycles. The molecule has 5 heteroatoms. The van der Waals surface area contributed by atoms with Gasteiger partial charge in [-0.25, -0.2) is 9.97 Å². The molecule has 0 amide bonds. The Morgan fingerprint density at radius 2 is 1.27 bits per heavy atom. The number of alkyl halides is 3. The maximum Gasteiger partial charge on any atom is 0.416 e. The Balaban J connectivity index is 2.02. The van der Waals surface area contributed by atoms with Gasteiger partial charge in [0.05, 0.1) is 16.8 Å². The largest absolute Gasteiger partial charge is 0.416 e. The van der Waals surface area contributed by atoms with Crippen molar-refractivity contribution in [3.63, 3.8) is 0 Å². The van der Waals surface area contributed by atoms with Gasteiger partial charge in [0.1, 0.15) is 0 Å². The molecule has 0 aliphatic carbocycles. The van der Waals surface area contributed by atoms with E-state index < -0.39 is 11.7 Å². The molecule has 0 saturated heterocycles. The second-order valence-corrected chi connectivity index (χ2v) is 5.86. The Morgan fingerprint density at radius 3 is 1.88 bits per heavy atom. The molecule has 4 aromatic rings. The lowest BCUT2D eigenvalue weighted by Gasteiger charge is -2.12. The average molecular weight is 350 g/mol. The minimum absolute atomic E-state index is 0.380. The summed E-state index contributed by atoms with van der Waals surface area (Å²) >= 11 is 0. The summed E-state index contributed by atoms with van der Waals surface area (Å²) in [4.78, 5) is 9.06. The van der Waals surface area contributed by atoms with E-state index in [0.29, 0.717) is 22.4 Å². The number of aromatic nitrogens is 2. The van der Waals surface area contributed by atoms with Crippen molar-refractivity contribution in [3.8, 4) is 22.6 Å². The van der Waals surface area contributed by atoms with Gasteiger partial charge in [0.2, 0.25) is 0 Å². The maximum atomic E-state index is 13.2. The first-order chi connectivity index (χ1) is 12.5. The van der Waals surface area contributed by atoms with Gasteiger partial charge < -0.3 is 0 Å². The third-order valence-corrected chi connectivity index (χ3v) is 4.10. The number of fused-ring (bicyclic) bond motifs is 1. The van der Waals surface area contributed by atoms with Crippen LogP contribution in [0, 0.1) is 0 Å². The minimum atomic E-state index is -4.42. The topological polar surface area (TPSA) is 25.8 Å². The van der Waals surface area contributed by atoms with Gasteiger partial charge in [-0.1, -0.05) is 60.7 Å². The summed E-state index contributed by atoms with van der Waals surface area (Å²) < 4.78 is 39.5. The summed E-state index contributed by atoms with van der Waals surface area (Å²) in [7, 11) is 0. The van der Waals surface area contributed by atoms with E-state index in [1.54, 1.807) is 0 Å². The van der Waals surface area contributed by atoms with E-state index in [1.165, 1.54) is 6.07 Å². The summed E-state index contributed by atoms with van der Waals surface area (Å²) in [6.45, 7) is 0. The van der Waals surface area contributed by atoms with Gasteiger partial charge in [0.15, 0.2) is 5.82 Å². The first kappa shape index (κ1) is 16.3. The van der Waals surface area contributed by atoms with Crippen LogP contribution in [0.15, 0.2) is 78.9 Å². The van der Waals surface area contributed by atoms with Crippen LogP contribution in [0.3, 0.4) is 0 Å². The van der Waals surface area contributed by atoms with Crippen molar-refractivity contribution < 1.29 is 13.2 Å². The van der Waals surface area contributed by atoms with Crippen molar-refractivity contribution in [1.29, 1.82) is 0 Å². The highest BCUT2D eigenvalue weighted by Crippen LogP contribution is 2.35. The zero-order chi connectivity index (χ0) is 18.1. The maximum absolute atomic E-state index is 13.2. The van der Waals surface area contributed by atoms with Crippen LogP contribution >= 0.6 is 0 Å². The first-order valence-electron chi connectivity index (χ1n) is 8.02. The van der Waals surface area contributed by atoms with Crippen LogP contribution in [0.2, 0.25) is 0 Å². The van der Waals surface area contributed by atoms with Crippen LogP contribution in [-0.4, -0.2) is 9.97 Å². The van der Waals surface area contributed by atoms with Crippen LogP contribution in [0.4, 0.5) is 13.2 Å². The average Bonchev–Trinajstić information content (AvgIpc) is 2.67. The zero-order valence-corrected chi connectivity index (χ0v) is 13.5. The zero-order valence-electron chi connectivity index (χ0n) is 13.5. The van der Waals surface area contributed by atoms with E-state index in [2.05, 4.69) is 9.97 Å². The van der Waals surface area contributed by atoms with Crippen LogP contribution in [0.5, 0.6) is 0 Å². The summed E-state index contributed by atoms with van der Waals surface area (Å²) in [5, 5.41) is 0.380. The lowest BCUT2D eigenvalue weighted by Crippen LogP contribution is -2.05. The standard InChI is InChI=1S/C21H13F3N2/c22-21(23,24)16-11-12-18-17(13-16)19(14-7-3-1-4-8-14)26-20(25-18)15-9-5-2-6-10-15/h1-13H. The molecule has 0 aliphatic rings. The molecule has 0 radical (unpaired) electrons. The molecule has 26 heavy (non-hydrogen) atoms. The van der Waals surface area contributed by atoms with Crippen molar-refractivity contribution in [2.24, 2.45) is 0 Å². The lowest BCUT2D eigenvalue weighted by atomic mass is 10.0. The van der Waals surface area contributed by atoms with Crippen LogP contribution in [0.25, 0.3) is 33.5 Å². The quantitative estimate of drug-likeness (QED) is 0.444. The van der Waals surface area contributed by atoms with Gasteiger partial charge in [0.25, 0.3) is 0 Å². The SMILES string of the molecule is FC(F)(F)c1ccc2nc(-c3ccccc3)nc(-c3ccccc3)c2c1. The van der Waals surface area contributed by atoms with E-state index in [-0.39, 0.29) is 0 Å². The van der Waals surface area contributed by atoms with Gasteiger partial charge in [-0.2, -0.15) is 13.2 Å². The molecule has 0 saturated carbocycles. The Morgan fingerprint density at radius 1 is 0.654 bits per heavy atom. The van der Waals surface area contributed by atoms with Crippen molar-refractivity contribution >= 4 is 10.9 Å². The predicted octanol–water partition coefficient (Wildman–Crippen LogP) is 5.98. The molecule has 0 unspecified atom stereocenters. The van der Waals surface area contributed by atoms with Gasteiger partial charge in [-0.15, -0.1) is 0 Å². The molecule has 0 atom stereocenters. The molecule has 1 heterocycles. The second kappa shape index (κ2) is 6.26. The normalized spacial score (nSPS) is 11.7. The molecule has 0 bridgehead atoms. The third-order valence-electron chi connectivity index (χ3n) is 4.10. The molecule has 0 fully saturated rings. The number of hydrogen-bond acceptors (Lipinski definition) is 2.